The molecule has 1 aromatic rings. The van der Waals surface area contributed by atoms with E-state index < -0.39 is 36.0 Å². The van der Waals surface area contributed by atoms with Crippen LogP contribution in [-0.4, -0.2) is 28.8 Å². The minimum Gasteiger partial charge on any atom is -0.475 e. The van der Waals surface area contributed by atoms with Gasteiger partial charge in [-0.2, -0.15) is 0 Å². The molecule has 0 bridgehead atoms. The number of carboxylic acid groups (broad SMARTS) is 1. The summed E-state index contributed by atoms with van der Waals surface area (Å²) in [7, 11) is 0. The van der Waals surface area contributed by atoms with Gasteiger partial charge in [0.15, 0.2) is 0 Å². The van der Waals surface area contributed by atoms with Gasteiger partial charge in [-0.3, -0.25) is 9.59 Å². The predicted molar refractivity (Wildman–Crippen MR) is 79.9 cm³/mol. The molecule has 1 aliphatic rings. The van der Waals surface area contributed by atoms with Crippen LogP contribution in [0.3, 0.4) is 0 Å². The molecule has 0 aliphatic heterocycles. The number of hydrogen-bond donors (Lipinski definition) is 1. The van der Waals surface area contributed by atoms with E-state index in [4.69, 9.17) is 5.11 Å². The molecule has 1 N–H and O–H groups in total. The molecule has 0 spiro atoms. The Morgan fingerprint density at radius 2 is 1.86 bits per heavy atom. The van der Waals surface area contributed by atoms with Crippen molar-refractivity contribution < 1.29 is 23.9 Å². The highest BCUT2D eigenvalue weighted by atomic mass is 79.9. The minimum atomic E-state index is -1.63. The number of carbonyl (C=O) groups is 3. The molecule has 1 fully saturated rings. The van der Waals surface area contributed by atoms with Crippen LogP contribution < -0.4 is 0 Å². The fraction of sp³-hybridized carbons (Fsp3) is 0.357. The van der Waals surface area contributed by atoms with Crippen LogP contribution in [0, 0.1) is 5.92 Å². The summed E-state index contributed by atoms with van der Waals surface area (Å²) >= 11 is 6.66. The second-order valence-electron chi connectivity index (χ2n) is 4.96. The highest BCUT2D eigenvalue weighted by Gasteiger charge is 2.52. The number of carboxylic acids is 1. The van der Waals surface area contributed by atoms with Crippen molar-refractivity contribution >= 4 is 49.4 Å². The molecule has 1 saturated carbocycles. The third kappa shape index (κ3) is 3.77. The standard InChI is InChI=1S/C14H11Br2FO4/c15-9-2-1-6(3-10(9)16)12-8(13(12)17)4-7(18)5-11(19)14(20)21/h1-3,8,12-13H,4-5H2,(H,20,21). The van der Waals surface area contributed by atoms with Crippen LogP contribution in [0.25, 0.3) is 0 Å². The van der Waals surface area contributed by atoms with Crippen molar-refractivity contribution in [1.82, 2.24) is 0 Å². The Hall–Kier alpha value is -1.08. The molecule has 0 amide bonds. The van der Waals surface area contributed by atoms with Crippen LogP contribution in [0.1, 0.15) is 24.3 Å². The lowest BCUT2D eigenvalue weighted by atomic mass is 10.0. The average molecular weight is 422 g/mol. The number of hydrogen-bond acceptors (Lipinski definition) is 3. The normalized spacial score (nSPS) is 23.7. The number of Topliss-reactive ketones (excluding diaryl/α,β-unsaturated/α-hetero) is 2. The lowest BCUT2D eigenvalue weighted by Crippen LogP contribution is -2.17. The van der Waals surface area contributed by atoms with E-state index in [1.165, 1.54) is 0 Å². The Balaban J connectivity index is 1.97. The number of aliphatic carboxylic acids is 1. The zero-order valence-corrected chi connectivity index (χ0v) is 13.9. The van der Waals surface area contributed by atoms with E-state index in [-0.39, 0.29) is 12.3 Å². The lowest BCUT2D eigenvalue weighted by molar-refractivity contribution is -0.150. The summed E-state index contributed by atoms with van der Waals surface area (Å²) in [5.41, 5.74) is 0.778. The molecular weight excluding hydrogens is 411 g/mol. The molecule has 1 aromatic carbocycles. The van der Waals surface area contributed by atoms with Crippen LogP contribution in [0.2, 0.25) is 0 Å². The predicted octanol–water partition coefficient (Wildman–Crippen LogP) is 3.27. The molecule has 3 unspecified atom stereocenters. The third-order valence-corrected chi connectivity index (χ3v) is 5.34. The Labute approximate surface area is 137 Å². The van der Waals surface area contributed by atoms with E-state index in [0.29, 0.717) is 0 Å². The summed E-state index contributed by atoms with van der Waals surface area (Å²) in [5, 5.41) is 8.43. The van der Waals surface area contributed by atoms with Crippen molar-refractivity contribution in [2.45, 2.75) is 24.9 Å². The maximum Gasteiger partial charge on any atom is 0.372 e. The molecular formula is C14H11Br2FO4. The van der Waals surface area contributed by atoms with Gasteiger partial charge in [-0.25, -0.2) is 9.18 Å². The highest BCUT2D eigenvalue weighted by Crippen LogP contribution is 2.53. The first-order valence-electron chi connectivity index (χ1n) is 6.18. The molecule has 0 heterocycles. The van der Waals surface area contributed by atoms with Crippen molar-refractivity contribution in [2.75, 3.05) is 0 Å². The van der Waals surface area contributed by atoms with Crippen molar-refractivity contribution in [3.05, 3.63) is 32.7 Å². The van der Waals surface area contributed by atoms with E-state index in [0.717, 1.165) is 14.5 Å². The highest BCUT2D eigenvalue weighted by molar-refractivity contribution is 9.13. The monoisotopic (exact) mass is 420 g/mol. The average Bonchev–Trinajstić information content (AvgIpc) is 3.02. The van der Waals surface area contributed by atoms with Gasteiger partial charge >= 0.3 is 5.97 Å². The van der Waals surface area contributed by atoms with E-state index >= 15 is 0 Å². The van der Waals surface area contributed by atoms with Gasteiger partial charge in [0, 0.05) is 27.2 Å². The number of halogens is 3. The molecule has 7 heteroatoms. The van der Waals surface area contributed by atoms with E-state index in [1.807, 2.05) is 0 Å². The Kier molecular flexibility index (Phi) is 4.93. The zero-order valence-electron chi connectivity index (χ0n) is 10.7. The summed E-state index contributed by atoms with van der Waals surface area (Å²) < 4.78 is 15.5. The fourth-order valence-corrected chi connectivity index (χ4v) is 2.96. The second-order valence-corrected chi connectivity index (χ2v) is 6.66. The molecule has 2 rings (SSSR count). The van der Waals surface area contributed by atoms with Crippen molar-refractivity contribution in [2.24, 2.45) is 5.92 Å². The minimum absolute atomic E-state index is 0.113. The Bertz CT molecular complexity index is 617. The molecule has 0 saturated heterocycles. The molecule has 4 nitrogen and oxygen atoms in total. The van der Waals surface area contributed by atoms with Gasteiger partial charge in [0.1, 0.15) is 12.0 Å². The summed E-state index contributed by atoms with van der Waals surface area (Å²) in [5.74, 6) is -4.18. The maximum absolute atomic E-state index is 13.8. The molecule has 3 atom stereocenters. The van der Waals surface area contributed by atoms with E-state index in [2.05, 4.69) is 31.9 Å². The third-order valence-electron chi connectivity index (χ3n) is 3.46. The van der Waals surface area contributed by atoms with Crippen LogP contribution in [-0.2, 0) is 14.4 Å². The largest absolute Gasteiger partial charge is 0.475 e. The first-order valence-corrected chi connectivity index (χ1v) is 7.76. The van der Waals surface area contributed by atoms with Gasteiger partial charge in [-0.1, -0.05) is 6.07 Å². The summed E-state index contributed by atoms with van der Waals surface area (Å²) in [6.07, 6.45) is -1.92. The molecule has 21 heavy (non-hydrogen) atoms. The second kappa shape index (κ2) is 6.36. The zero-order chi connectivity index (χ0) is 15.7. The van der Waals surface area contributed by atoms with Crippen LogP contribution in [0.5, 0.6) is 0 Å². The van der Waals surface area contributed by atoms with Crippen LogP contribution in [0.15, 0.2) is 27.1 Å². The first kappa shape index (κ1) is 16.3. The van der Waals surface area contributed by atoms with Crippen molar-refractivity contribution in [3.8, 4) is 0 Å². The SMILES string of the molecule is O=C(CC(=O)C(=O)O)CC1C(F)C1c1ccc(Br)c(Br)c1. The number of rotatable bonds is 6. The Morgan fingerprint density at radius 1 is 1.19 bits per heavy atom. The maximum atomic E-state index is 13.8. The van der Waals surface area contributed by atoms with Crippen molar-refractivity contribution in [3.63, 3.8) is 0 Å². The van der Waals surface area contributed by atoms with Crippen LogP contribution >= 0.6 is 31.9 Å². The molecule has 1 aliphatic carbocycles. The van der Waals surface area contributed by atoms with Gasteiger partial charge in [0.05, 0.1) is 6.42 Å². The van der Waals surface area contributed by atoms with Gasteiger partial charge in [-0.15, -0.1) is 0 Å². The summed E-state index contributed by atoms with van der Waals surface area (Å²) in [6.45, 7) is 0. The van der Waals surface area contributed by atoms with Gasteiger partial charge < -0.3 is 5.11 Å². The molecule has 0 aromatic heterocycles. The number of alkyl halides is 1. The summed E-state index contributed by atoms with van der Waals surface area (Å²) in [6, 6.07) is 5.35. The van der Waals surface area contributed by atoms with Gasteiger partial charge in [0.25, 0.3) is 0 Å². The van der Waals surface area contributed by atoms with Crippen LogP contribution in [0.4, 0.5) is 4.39 Å². The Morgan fingerprint density at radius 3 is 2.43 bits per heavy atom. The fourth-order valence-electron chi connectivity index (χ4n) is 2.31. The first-order chi connectivity index (χ1) is 9.81. The smallest absolute Gasteiger partial charge is 0.372 e. The van der Waals surface area contributed by atoms with E-state index in [1.54, 1.807) is 18.2 Å². The quantitative estimate of drug-likeness (QED) is 0.565. The van der Waals surface area contributed by atoms with Crippen molar-refractivity contribution in [1.29, 1.82) is 0 Å². The number of benzene rings is 1. The topological polar surface area (TPSA) is 71.4 Å². The molecule has 112 valence electrons. The summed E-state index contributed by atoms with van der Waals surface area (Å²) in [4.78, 5) is 32.9. The van der Waals surface area contributed by atoms with Gasteiger partial charge in [0.2, 0.25) is 5.78 Å². The number of ketones is 2. The lowest BCUT2D eigenvalue weighted by Gasteiger charge is -2.02. The molecule has 0 radical (unpaired) electrons. The number of carbonyl (C=O) groups excluding carboxylic acids is 2. The van der Waals surface area contributed by atoms with E-state index in [9.17, 15) is 18.8 Å². The van der Waals surface area contributed by atoms with Gasteiger partial charge in [-0.05, 0) is 49.6 Å².